The first-order valence-corrected chi connectivity index (χ1v) is 7.70. The lowest BCUT2D eigenvalue weighted by Crippen LogP contribution is -2.26. The monoisotopic (exact) mass is 258 g/mol. The molecule has 0 radical (unpaired) electrons. The Morgan fingerprint density at radius 3 is 2.44 bits per heavy atom. The van der Waals surface area contributed by atoms with Gasteiger partial charge in [-0.05, 0) is 12.8 Å². The summed E-state index contributed by atoms with van der Waals surface area (Å²) < 4.78 is 5.81. The molecule has 1 fully saturated rings. The van der Waals surface area contributed by atoms with Gasteiger partial charge in [-0.15, -0.1) is 0 Å². The lowest BCUT2D eigenvalue weighted by Gasteiger charge is -2.19. The van der Waals surface area contributed by atoms with Gasteiger partial charge in [-0.1, -0.05) is 52.4 Å². The summed E-state index contributed by atoms with van der Waals surface area (Å²) in [5.74, 6) is 0. The third-order valence-electron chi connectivity index (χ3n) is 3.88. The van der Waals surface area contributed by atoms with E-state index >= 15 is 0 Å². The van der Waals surface area contributed by atoms with Crippen molar-refractivity contribution in [3.8, 4) is 0 Å². The molecule has 1 heterocycles. The molecule has 18 heavy (non-hydrogen) atoms. The smallest absolute Gasteiger partial charge is 0.0864 e. The number of hydrogen-bond acceptors (Lipinski definition) is 3. The van der Waals surface area contributed by atoms with E-state index in [1.807, 2.05) is 0 Å². The van der Waals surface area contributed by atoms with Crippen molar-refractivity contribution < 1.29 is 14.9 Å². The Balaban J connectivity index is 2.24. The zero-order valence-corrected chi connectivity index (χ0v) is 12.0. The summed E-state index contributed by atoms with van der Waals surface area (Å²) in [6, 6.07) is 0. The lowest BCUT2D eigenvalue weighted by atomic mass is 10.0. The molecule has 2 N–H and O–H groups in total. The number of aliphatic hydroxyl groups excluding tert-OH is 2. The topological polar surface area (TPSA) is 49.7 Å². The first kappa shape index (κ1) is 15.9. The Kier molecular flexibility index (Phi) is 7.87. The zero-order chi connectivity index (χ0) is 13.4. The highest BCUT2D eigenvalue weighted by molar-refractivity contribution is 4.85. The minimum absolute atomic E-state index is 0.0534. The fourth-order valence-corrected chi connectivity index (χ4v) is 2.65. The number of unbranched alkanes of at least 4 members (excludes halogenated alkanes) is 4. The quantitative estimate of drug-likeness (QED) is 0.625. The molecule has 1 rings (SSSR count). The van der Waals surface area contributed by atoms with Crippen molar-refractivity contribution in [1.82, 2.24) is 0 Å². The van der Waals surface area contributed by atoms with Gasteiger partial charge in [0.2, 0.25) is 0 Å². The van der Waals surface area contributed by atoms with Crippen LogP contribution in [0, 0.1) is 0 Å². The zero-order valence-electron chi connectivity index (χ0n) is 12.0. The van der Waals surface area contributed by atoms with E-state index in [0.717, 1.165) is 32.1 Å². The molecule has 3 nitrogen and oxygen atoms in total. The van der Waals surface area contributed by atoms with Crippen molar-refractivity contribution in [3.63, 3.8) is 0 Å². The molecular weight excluding hydrogens is 228 g/mol. The molecule has 0 aliphatic carbocycles. The summed E-state index contributed by atoms with van der Waals surface area (Å²) in [5, 5.41) is 20.0. The Morgan fingerprint density at radius 1 is 1.11 bits per heavy atom. The van der Waals surface area contributed by atoms with E-state index in [1.165, 1.54) is 19.3 Å². The molecule has 4 atom stereocenters. The van der Waals surface area contributed by atoms with Crippen LogP contribution in [-0.2, 0) is 4.74 Å². The van der Waals surface area contributed by atoms with Crippen LogP contribution in [-0.4, -0.2) is 34.6 Å². The van der Waals surface area contributed by atoms with E-state index < -0.39 is 6.10 Å². The standard InChI is InChI=1S/C15H30O3/c1-3-5-7-9-12(16)15-11-13(17)14(18-15)10-8-6-4-2/h12-17H,3-11H2,1-2H3/t12-,13+,14+,15-/m1/s1. The van der Waals surface area contributed by atoms with Gasteiger partial charge in [-0.25, -0.2) is 0 Å². The van der Waals surface area contributed by atoms with E-state index in [2.05, 4.69) is 13.8 Å². The predicted molar refractivity (Wildman–Crippen MR) is 73.6 cm³/mol. The van der Waals surface area contributed by atoms with Gasteiger partial charge in [0, 0.05) is 6.42 Å². The minimum Gasteiger partial charge on any atom is -0.390 e. The fourth-order valence-electron chi connectivity index (χ4n) is 2.65. The van der Waals surface area contributed by atoms with Crippen molar-refractivity contribution in [2.24, 2.45) is 0 Å². The molecule has 1 aliphatic rings. The molecule has 0 aromatic rings. The van der Waals surface area contributed by atoms with Crippen molar-refractivity contribution in [2.45, 2.75) is 96.1 Å². The number of ether oxygens (including phenoxy) is 1. The Hall–Kier alpha value is -0.120. The van der Waals surface area contributed by atoms with Crippen molar-refractivity contribution in [2.75, 3.05) is 0 Å². The molecule has 0 aromatic carbocycles. The predicted octanol–water partition coefficient (Wildman–Crippen LogP) is 3.03. The van der Waals surface area contributed by atoms with Gasteiger partial charge in [-0.2, -0.15) is 0 Å². The van der Waals surface area contributed by atoms with Gasteiger partial charge >= 0.3 is 0 Å². The van der Waals surface area contributed by atoms with E-state index in [9.17, 15) is 10.2 Å². The van der Waals surface area contributed by atoms with E-state index in [1.54, 1.807) is 0 Å². The summed E-state index contributed by atoms with van der Waals surface area (Å²) in [5.41, 5.74) is 0. The summed E-state index contributed by atoms with van der Waals surface area (Å²) in [4.78, 5) is 0. The molecule has 0 amide bonds. The van der Waals surface area contributed by atoms with Crippen LogP contribution < -0.4 is 0 Å². The van der Waals surface area contributed by atoms with Crippen LogP contribution >= 0.6 is 0 Å². The maximum absolute atomic E-state index is 10.0. The Bertz CT molecular complexity index is 208. The molecule has 108 valence electrons. The lowest BCUT2D eigenvalue weighted by molar-refractivity contribution is -0.0498. The Morgan fingerprint density at radius 2 is 1.78 bits per heavy atom. The largest absolute Gasteiger partial charge is 0.390 e. The molecule has 0 bridgehead atoms. The van der Waals surface area contributed by atoms with E-state index in [-0.39, 0.29) is 18.3 Å². The molecule has 0 saturated carbocycles. The average molecular weight is 258 g/mol. The van der Waals surface area contributed by atoms with Gasteiger partial charge < -0.3 is 14.9 Å². The van der Waals surface area contributed by atoms with Crippen molar-refractivity contribution in [1.29, 1.82) is 0 Å². The van der Waals surface area contributed by atoms with Crippen LogP contribution in [0.2, 0.25) is 0 Å². The first-order valence-electron chi connectivity index (χ1n) is 7.70. The average Bonchev–Trinajstić information content (AvgIpc) is 2.72. The maximum atomic E-state index is 10.0. The third-order valence-corrected chi connectivity index (χ3v) is 3.88. The van der Waals surface area contributed by atoms with Gasteiger partial charge in [0.1, 0.15) is 0 Å². The van der Waals surface area contributed by atoms with Crippen LogP contribution in [0.15, 0.2) is 0 Å². The van der Waals surface area contributed by atoms with Crippen molar-refractivity contribution >= 4 is 0 Å². The highest BCUT2D eigenvalue weighted by atomic mass is 16.5. The summed E-state index contributed by atoms with van der Waals surface area (Å²) in [6.45, 7) is 4.33. The van der Waals surface area contributed by atoms with Crippen molar-refractivity contribution in [3.05, 3.63) is 0 Å². The van der Waals surface area contributed by atoms with E-state index in [0.29, 0.717) is 6.42 Å². The van der Waals surface area contributed by atoms with Crippen LogP contribution in [0.1, 0.15) is 71.6 Å². The number of hydrogen-bond donors (Lipinski definition) is 2. The van der Waals surface area contributed by atoms with Crippen LogP contribution in [0.3, 0.4) is 0 Å². The van der Waals surface area contributed by atoms with Crippen LogP contribution in [0.5, 0.6) is 0 Å². The summed E-state index contributed by atoms with van der Waals surface area (Å²) >= 11 is 0. The molecular formula is C15H30O3. The molecule has 0 spiro atoms. The Labute approximate surface area is 112 Å². The van der Waals surface area contributed by atoms with Crippen LogP contribution in [0.25, 0.3) is 0 Å². The first-order chi connectivity index (χ1) is 8.69. The minimum atomic E-state index is -0.401. The molecule has 0 aromatic heterocycles. The maximum Gasteiger partial charge on any atom is 0.0864 e. The van der Waals surface area contributed by atoms with E-state index in [4.69, 9.17) is 4.74 Å². The van der Waals surface area contributed by atoms with Gasteiger partial charge in [0.05, 0.1) is 24.4 Å². The normalized spacial score (nSPS) is 29.7. The second-order valence-corrected chi connectivity index (χ2v) is 5.57. The van der Waals surface area contributed by atoms with Crippen LogP contribution in [0.4, 0.5) is 0 Å². The fraction of sp³-hybridized carbons (Fsp3) is 1.00. The van der Waals surface area contributed by atoms with Gasteiger partial charge in [-0.3, -0.25) is 0 Å². The SMILES string of the molecule is CCCCC[C@@H](O)[C@H]1C[C@H](O)[C@H](CCCCC)O1. The second kappa shape index (κ2) is 8.89. The third kappa shape index (κ3) is 5.25. The summed E-state index contributed by atoms with van der Waals surface area (Å²) in [7, 11) is 0. The van der Waals surface area contributed by atoms with Gasteiger partial charge in [0.25, 0.3) is 0 Å². The summed E-state index contributed by atoms with van der Waals surface area (Å²) in [6.07, 6.45) is 8.20. The molecule has 3 heteroatoms. The molecule has 1 saturated heterocycles. The highest BCUT2D eigenvalue weighted by Crippen LogP contribution is 2.28. The number of rotatable bonds is 9. The molecule has 0 unspecified atom stereocenters. The number of aliphatic hydroxyl groups is 2. The highest BCUT2D eigenvalue weighted by Gasteiger charge is 2.36. The molecule has 1 aliphatic heterocycles. The van der Waals surface area contributed by atoms with Gasteiger partial charge in [0.15, 0.2) is 0 Å². The second-order valence-electron chi connectivity index (χ2n) is 5.57.